The molecule has 2 heterocycles. The zero-order valence-corrected chi connectivity index (χ0v) is 17.1. The zero-order chi connectivity index (χ0) is 20.9. The molecule has 1 N–H and O–H groups in total. The van der Waals surface area contributed by atoms with Crippen LogP contribution in [0, 0.1) is 5.82 Å². The van der Waals surface area contributed by atoms with Gasteiger partial charge in [0.05, 0.1) is 22.4 Å². The molecule has 8 heteroatoms. The molecule has 0 aliphatic carbocycles. The minimum atomic E-state index is -0.262. The van der Waals surface area contributed by atoms with Crippen LogP contribution in [-0.4, -0.2) is 34.2 Å². The number of aliphatic imine (C=N–C) groups is 1. The third-order valence-electron chi connectivity index (χ3n) is 4.40. The molecule has 1 aliphatic rings. The first-order chi connectivity index (χ1) is 14.6. The van der Waals surface area contributed by atoms with Gasteiger partial charge in [0.15, 0.2) is 5.17 Å². The molecular formula is C22H19FN4O2S. The molecule has 4 rings (SSSR count). The minimum absolute atomic E-state index is 0.195. The van der Waals surface area contributed by atoms with Crippen molar-refractivity contribution < 1.29 is 13.9 Å². The predicted molar refractivity (Wildman–Crippen MR) is 117 cm³/mol. The second-order valence-electron chi connectivity index (χ2n) is 6.52. The van der Waals surface area contributed by atoms with Gasteiger partial charge in [-0.3, -0.25) is 9.79 Å². The number of halogens is 1. The summed E-state index contributed by atoms with van der Waals surface area (Å²) >= 11 is 1.29. The maximum absolute atomic E-state index is 13.3. The number of aromatic nitrogens is 2. The molecule has 30 heavy (non-hydrogen) atoms. The van der Waals surface area contributed by atoms with Gasteiger partial charge >= 0.3 is 0 Å². The number of hydrogen-bond acceptors (Lipinski definition) is 6. The van der Waals surface area contributed by atoms with E-state index in [0.29, 0.717) is 35.5 Å². The Balaban J connectivity index is 1.49. The van der Waals surface area contributed by atoms with Crippen molar-refractivity contribution in [3.63, 3.8) is 0 Å². The maximum atomic E-state index is 13.3. The maximum Gasteiger partial charge on any atom is 0.264 e. The van der Waals surface area contributed by atoms with Crippen LogP contribution in [0.25, 0.3) is 17.0 Å². The Morgan fingerprint density at radius 3 is 2.97 bits per heavy atom. The largest absolute Gasteiger partial charge is 0.477 e. The number of carbonyl (C=O) groups excluding carboxylic acids is 1. The van der Waals surface area contributed by atoms with Crippen LogP contribution >= 0.6 is 11.8 Å². The molecule has 0 bridgehead atoms. The SMILES string of the molecule is CCOc1ncnc2ccc(/C=C3\SC(=NCCc4cccc(F)c4)NC3=O)cc12. The van der Waals surface area contributed by atoms with Crippen LogP contribution in [0.1, 0.15) is 18.1 Å². The van der Waals surface area contributed by atoms with Crippen molar-refractivity contribution in [3.8, 4) is 5.88 Å². The standard InChI is InChI=1S/C22H19FN4O2S/c1-2-29-21-17-11-15(6-7-18(17)25-13-26-21)12-19-20(28)27-22(30-19)24-9-8-14-4-3-5-16(23)10-14/h3-7,10-13H,2,8-9H2,1H3,(H,24,27,28)/b19-12-. The number of nitrogens with one attached hydrogen (secondary N) is 1. The lowest BCUT2D eigenvalue weighted by molar-refractivity contribution is -0.115. The van der Waals surface area contributed by atoms with Crippen LogP contribution in [0.5, 0.6) is 5.88 Å². The number of ether oxygens (including phenoxy) is 1. The minimum Gasteiger partial charge on any atom is -0.477 e. The summed E-state index contributed by atoms with van der Waals surface area (Å²) in [4.78, 5) is 25.7. The summed E-state index contributed by atoms with van der Waals surface area (Å²) in [6, 6.07) is 12.1. The molecular weight excluding hydrogens is 403 g/mol. The Labute approximate surface area is 177 Å². The van der Waals surface area contributed by atoms with E-state index in [-0.39, 0.29) is 11.7 Å². The van der Waals surface area contributed by atoms with Gasteiger partial charge in [-0.25, -0.2) is 14.4 Å². The van der Waals surface area contributed by atoms with E-state index in [4.69, 9.17) is 4.74 Å². The molecule has 3 aromatic rings. The van der Waals surface area contributed by atoms with Gasteiger partial charge in [0.1, 0.15) is 12.1 Å². The lowest BCUT2D eigenvalue weighted by Crippen LogP contribution is -2.20. The Kier molecular flexibility index (Phi) is 6.04. The molecule has 1 aromatic heterocycles. The fraction of sp³-hybridized carbons (Fsp3) is 0.182. The molecule has 152 valence electrons. The molecule has 0 atom stereocenters. The van der Waals surface area contributed by atoms with E-state index in [2.05, 4.69) is 20.3 Å². The monoisotopic (exact) mass is 422 g/mol. The summed E-state index contributed by atoms with van der Waals surface area (Å²) < 4.78 is 18.8. The van der Waals surface area contributed by atoms with E-state index >= 15 is 0 Å². The van der Waals surface area contributed by atoms with Crippen molar-refractivity contribution in [2.24, 2.45) is 4.99 Å². The molecule has 0 spiro atoms. The van der Waals surface area contributed by atoms with Crippen molar-refractivity contribution in [2.45, 2.75) is 13.3 Å². The number of amidine groups is 1. The zero-order valence-electron chi connectivity index (χ0n) is 16.3. The fourth-order valence-corrected chi connectivity index (χ4v) is 3.87. The number of benzene rings is 2. The molecule has 1 saturated heterocycles. The quantitative estimate of drug-likeness (QED) is 0.609. The molecule has 0 unspecified atom stereocenters. The van der Waals surface area contributed by atoms with Crippen molar-refractivity contribution in [1.82, 2.24) is 15.3 Å². The second kappa shape index (κ2) is 9.04. The highest BCUT2D eigenvalue weighted by atomic mass is 32.2. The van der Waals surface area contributed by atoms with Crippen LogP contribution in [0.15, 0.2) is 58.7 Å². The normalized spacial score (nSPS) is 16.4. The van der Waals surface area contributed by atoms with Crippen LogP contribution in [0.3, 0.4) is 0 Å². The first-order valence-electron chi connectivity index (χ1n) is 9.50. The molecule has 2 aromatic carbocycles. The Morgan fingerprint density at radius 1 is 1.23 bits per heavy atom. The first kappa shape index (κ1) is 20.0. The van der Waals surface area contributed by atoms with Gasteiger partial charge in [-0.1, -0.05) is 18.2 Å². The van der Waals surface area contributed by atoms with Gasteiger partial charge in [0.25, 0.3) is 5.91 Å². The van der Waals surface area contributed by atoms with Crippen molar-refractivity contribution in [3.05, 3.63) is 70.6 Å². The van der Waals surface area contributed by atoms with Crippen molar-refractivity contribution in [1.29, 1.82) is 0 Å². The average molecular weight is 422 g/mol. The van der Waals surface area contributed by atoms with Crippen LogP contribution in [0.2, 0.25) is 0 Å². The van der Waals surface area contributed by atoms with Crippen molar-refractivity contribution >= 4 is 39.8 Å². The van der Waals surface area contributed by atoms with Gasteiger partial charge in [-0.15, -0.1) is 0 Å². The highest BCUT2D eigenvalue weighted by Crippen LogP contribution is 2.28. The molecule has 6 nitrogen and oxygen atoms in total. The molecule has 1 aliphatic heterocycles. The first-order valence-corrected chi connectivity index (χ1v) is 10.3. The number of nitrogens with zero attached hydrogens (tertiary/aromatic N) is 3. The Bertz CT molecular complexity index is 1160. The van der Waals surface area contributed by atoms with Crippen molar-refractivity contribution in [2.75, 3.05) is 13.2 Å². The topological polar surface area (TPSA) is 76.5 Å². The number of rotatable bonds is 6. The van der Waals surface area contributed by atoms with E-state index in [1.807, 2.05) is 31.2 Å². The highest BCUT2D eigenvalue weighted by Gasteiger charge is 2.23. The Hall–Kier alpha value is -3.26. The number of carbonyl (C=O) groups is 1. The Morgan fingerprint density at radius 2 is 2.13 bits per heavy atom. The molecule has 1 fully saturated rings. The van der Waals surface area contributed by atoms with E-state index in [0.717, 1.165) is 22.0 Å². The van der Waals surface area contributed by atoms with E-state index < -0.39 is 0 Å². The summed E-state index contributed by atoms with van der Waals surface area (Å²) in [6.45, 7) is 2.87. The second-order valence-corrected chi connectivity index (χ2v) is 7.55. The summed E-state index contributed by atoms with van der Waals surface area (Å²) in [5.41, 5.74) is 2.49. The van der Waals surface area contributed by atoms with Gasteiger partial charge < -0.3 is 10.1 Å². The van der Waals surface area contributed by atoms with Gasteiger partial charge in [0.2, 0.25) is 5.88 Å². The fourth-order valence-electron chi connectivity index (χ4n) is 3.02. The summed E-state index contributed by atoms with van der Waals surface area (Å²) in [6.07, 6.45) is 3.87. The van der Waals surface area contributed by atoms with Gasteiger partial charge in [0, 0.05) is 6.54 Å². The predicted octanol–water partition coefficient (Wildman–Crippen LogP) is 3.97. The third-order valence-corrected chi connectivity index (χ3v) is 5.35. The molecule has 1 amide bonds. The lowest BCUT2D eigenvalue weighted by atomic mass is 10.1. The molecule has 0 saturated carbocycles. The van der Waals surface area contributed by atoms with Crippen LogP contribution < -0.4 is 10.1 Å². The lowest BCUT2D eigenvalue weighted by Gasteiger charge is -2.06. The van der Waals surface area contributed by atoms with E-state index in [1.54, 1.807) is 12.1 Å². The summed E-state index contributed by atoms with van der Waals surface area (Å²) in [5, 5.41) is 4.11. The van der Waals surface area contributed by atoms with E-state index in [9.17, 15) is 9.18 Å². The summed E-state index contributed by atoms with van der Waals surface area (Å²) in [7, 11) is 0. The highest BCUT2D eigenvalue weighted by molar-refractivity contribution is 8.18. The van der Waals surface area contributed by atoms with Gasteiger partial charge in [-0.2, -0.15) is 0 Å². The van der Waals surface area contributed by atoms with Crippen LogP contribution in [0.4, 0.5) is 4.39 Å². The van der Waals surface area contributed by atoms with E-state index in [1.165, 1.54) is 30.2 Å². The number of hydrogen-bond donors (Lipinski definition) is 1. The number of thioether (sulfide) groups is 1. The van der Waals surface area contributed by atoms with Crippen LogP contribution in [-0.2, 0) is 11.2 Å². The average Bonchev–Trinajstić information content (AvgIpc) is 3.08. The number of fused-ring (bicyclic) bond motifs is 1. The third kappa shape index (κ3) is 4.65. The summed E-state index contributed by atoms with van der Waals surface area (Å²) in [5.74, 6) is 0.0621. The molecule has 0 radical (unpaired) electrons. The number of amides is 1. The van der Waals surface area contributed by atoms with Gasteiger partial charge in [-0.05, 0) is 66.6 Å². The smallest absolute Gasteiger partial charge is 0.264 e.